The van der Waals surface area contributed by atoms with Crippen molar-refractivity contribution < 1.29 is 5.11 Å². The summed E-state index contributed by atoms with van der Waals surface area (Å²) in [5.41, 5.74) is 1.56. The quantitative estimate of drug-likeness (QED) is 0.799. The SMILES string of the molecule is CCC(c1ccc(O)cc1)(C(C)C)C(C)C. The molecule has 0 unspecified atom stereocenters. The van der Waals surface area contributed by atoms with Gasteiger partial charge in [0.15, 0.2) is 0 Å². The lowest BCUT2D eigenvalue weighted by Crippen LogP contribution is -2.37. The van der Waals surface area contributed by atoms with E-state index in [9.17, 15) is 5.11 Å². The summed E-state index contributed by atoms with van der Waals surface area (Å²) in [6, 6.07) is 7.73. The van der Waals surface area contributed by atoms with Crippen LogP contribution in [0.3, 0.4) is 0 Å². The molecular formula is C15H24O. The smallest absolute Gasteiger partial charge is 0.115 e. The summed E-state index contributed by atoms with van der Waals surface area (Å²) < 4.78 is 0. The Hall–Kier alpha value is -0.980. The molecule has 0 saturated heterocycles. The zero-order valence-electron chi connectivity index (χ0n) is 11.1. The van der Waals surface area contributed by atoms with Crippen LogP contribution in [0.4, 0.5) is 0 Å². The van der Waals surface area contributed by atoms with Crippen LogP contribution in [-0.4, -0.2) is 5.11 Å². The highest BCUT2D eigenvalue weighted by molar-refractivity contribution is 5.32. The van der Waals surface area contributed by atoms with Gasteiger partial charge in [0.05, 0.1) is 0 Å². The molecule has 0 amide bonds. The maximum atomic E-state index is 9.37. The summed E-state index contributed by atoms with van der Waals surface area (Å²) in [5, 5.41) is 9.37. The highest BCUT2D eigenvalue weighted by atomic mass is 16.3. The molecule has 0 heterocycles. The van der Waals surface area contributed by atoms with E-state index in [1.54, 1.807) is 12.1 Å². The minimum Gasteiger partial charge on any atom is -0.508 e. The Bertz CT molecular complexity index is 314. The predicted molar refractivity (Wildman–Crippen MR) is 69.8 cm³/mol. The first-order valence-corrected chi connectivity index (χ1v) is 6.24. The van der Waals surface area contributed by atoms with Gasteiger partial charge in [-0.1, -0.05) is 46.8 Å². The molecular weight excluding hydrogens is 196 g/mol. The van der Waals surface area contributed by atoms with E-state index < -0.39 is 0 Å². The third-order valence-electron chi connectivity index (χ3n) is 4.05. The summed E-state index contributed by atoms with van der Waals surface area (Å²) >= 11 is 0. The Balaban J connectivity index is 3.25. The Kier molecular flexibility index (Phi) is 4.01. The summed E-state index contributed by atoms with van der Waals surface area (Å²) in [7, 11) is 0. The molecule has 1 aromatic rings. The van der Waals surface area contributed by atoms with Crippen molar-refractivity contribution in [2.45, 2.75) is 46.5 Å². The molecule has 0 saturated carbocycles. The first-order chi connectivity index (χ1) is 7.45. The molecule has 0 spiro atoms. The van der Waals surface area contributed by atoms with Crippen molar-refractivity contribution in [3.8, 4) is 5.75 Å². The summed E-state index contributed by atoms with van der Waals surface area (Å²) in [6.07, 6.45) is 1.13. The summed E-state index contributed by atoms with van der Waals surface area (Å²) in [5.74, 6) is 1.55. The van der Waals surface area contributed by atoms with Crippen molar-refractivity contribution in [1.29, 1.82) is 0 Å². The van der Waals surface area contributed by atoms with Gasteiger partial charge in [0, 0.05) is 0 Å². The fourth-order valence-corrected chi connectivity index (χ4v) is 3.13. The first kappa shape index (κ1) is 13.1. The molecule has 0 bridgehead atoms. The van der Waals surface area contributed by atoms with Crippen LogP contribution in [0, 0.1) is 11.8 Å². The Labute approximate surface area is 99.5 Å². The maximum absolute atomic E-state index is 9.37. The van der Waals surface area contributed by atoms with Gasteiger partial charge in [-0.25, -0.2) is 0 Å². The molecule has 0 aliphatic rings. The Morgan fingerprint density at radius 3 is 1.75 bits per heavy atom. The van der Waals surface area contributed by atoms with Crippen LogP contribution in [0.5, 0.6) is 5.75 Å². The van der Waals surface area contributed by atoms with Gasteiger partial charge in [-0.2, -0.15) is 0 Å². The number of aromatic hydroxyl groups is 1. The second-order valence-corrected chi connectivity index (χ2v) is 5.25. The van der Waals surface area contributed by atoms with E-state index in [-0.39, 0.29) is 5.41 Å². The molecule has 16 heavy (non-hydrogen) atoms. The molecule has 1 heteroatoms. The molecule has 0 aromatic heterocycles. The van der Waals surface area contributed by atoms with E-state index in [0.717, 1.165) is 6.42 Å². The second kappa shape index (κ2) is 4.90. The van der Waals surface area contributed by atoms with Crippen molar-refractivity contribution in [1.82, 2.24) is 0 Å². The van der Waals surface area contributed by atoms with Crippen LogP contribution in [0.1, 0.15) is 46.6 Å². The zero-order chi connectivity index (χ0) is 12.3. The highest BCUT2D eigenvalue weighted by Gasteiger charge is 2.36. The largest absolute Gasteiger partial charge is 0.508 e. The lowest BCUT2D eigenvalue weighted by molar-refractivity contribution is 0.209. The van der Waals surface area contributed by atoms with E-state index in [0.29, 0.717) is 17.6 Å². The molecule has 1 N–H and O–H groups in total. The van der Waals surface area contributed by atoms with Gasteiger partial charge in [-0.3, -0.25) is 0 Å². The monoisotopic (exact) mass is 220 g/mol. The van der Waals surface area contributed by atoms with Crippen molar-refractivity contribution in [2.24, 2.45) is 11.8 Å². The zero-order valence-corrected chi connectivity index (χ0v) is 11.1. The number of phenols is 1. The predicted octanol–water partition coefficient (Wildman–Crippen LogP) is 4.35. The molecule has 0 fully saturated rings. The van der Waals surface area contributed by atoms with Crippen LogP contribution < -0.4 is 0 Å². The van der Waals surface area contributed by atoms with Crippen LogP contribution in [0.25, 0.3) is 0 Å². The van der Waals surface area contributed by atoms with Gasteiger partial charge in [-0.15, -0.1) is 0 Å². The molecule has 1 nitrogen and oxygen atoms in total. The van der Waals surface area contributed by atoms with Gasteiger partial charge in [0.25, 0.3) is 0 Å². The third-order valence-corrected chi connectivity index (χ3v) is 4.05. The summed E-state index contributed by atoms with van der Waals surface area (Å²) in [6.45, 7) is 11.4. The number of rotatable bonds is 4. The van der Waals surface area contributed by atoms with Crippen LogP contribution in [0.2, 0.25) is 0 Å². The van der Waals surface area contributed by atoms with Gasteiger partial charge in [-0.05, 0) is 41.4 Å². The van der Waals surface area contributed by atoms with Crippen molar-refractivity contribution >= 4 is 0 Å². The third kappa shape index (κ3) is 2.09. The van der Waals surface area contributed by atoms with Crippen molar-refractivity contribution in [3.05, 3.63) is 29.8 Å². The molecule has 1 rings (SSSR count). The van der Waals surface area contributed by atoms with E-state index in [4.69, 9.17) is 0 Å². The van der Waals surface area contributed by atoms with Gasteiger partial charge < -0.3 is 5.11 Å². The highest BCUT2D eigenvalue weighted by Crippen LogP contribution is 2.42. The molecule has 0 atom stereocenters. The Morgan fingerprint density at radius 2 is 1.44 bits per heavy atom. The molecule has 0 aliphatic heterocycles. The van der Waals surface area contributed by atoms with E-state index in [1.165, 1.54) is 5.56 Å². The standard InChI is InChI=1S/C15H24O/c1-6-15(11(2)3,12(4)5)13-7-9-14(16)10-8-13/h7-12,16H,6H2,1-5H3. The number of hydrogen-bond acceptors (Lipinski definition) is 1. The lowest BCUT2D eigenvalue weighted by Gasteiger charge is -2.41. The normalized spacial score (nSPS) is 12.4. The van der Waals surface area contributed by atoms with E-state index >= 15 is 0 Å². The fraction of sp³-hybridized carbons (Fsp3) is 0.600. The summed E-state index contributed by atoms with van der Waals surface area (Å²) in [4.78, 5) is 0. The number of hydrogen-bond donors (Lipinski definition) is 1. The van der Waals surface area contributed by atoms with Crippen LogP contribution in [-0.2, 0) is 5.41 Å². The van der Waals surface area contributed by atoms with Crippen molar-refractivity contribution in [3.63, 3.8) is 0 Å². The van der Waals surface area contributed by atoms with Gasteiger partial charge in [0.1, 0.15) is 5.75 Å². The fourth-order valence-electron chi connectivity index (χ4n) is 3.13. The van der Waals surface area contributed by atoms with Crippen LogP contribution >= 0.6 is 0 Å². The number of phenolic OH excluding ortho intramolecular Hbond substituents is 1. The lowest BCUT2D eigenvalue weighted by atomic mass is 9.63. The molecule has 90 valence electrons. The van der Waals surface area contributed by atoms with Crippen LogP contribution in [0.15, 0.2) is 24.3 Å². The Morgan fingerprint density at radius 1 is 1.00 bits per heavy atom. The van der Waals surface area contributed by atoms with E-state index in [1.807, 2.05) is 0 Å². The average molecular weight is 220 g/mol. The first-order valence-electron chi connectivity index (χ1n) is 6.24. The maximum Gasteiger partial charge on any atom is 0.115 e. The number of benzene rings is 1. The van der Waals surface area contributed by atoms with Crippen molar-refractivity contribution in [2.75, 3.05) is 0 Å². The topological polar surface area (TPSA) is 20.2 Å². The van der Waals surface area contributed by atoms with Gasteiger partial charge >= 0.3 is 0 Å². The minimum atomic E-state index is 0.216. The minimum absolute atomic E-state index is 0.216. The van der Waals surface area contributed by atoms with E-state index in [2.05, 4.69) is 46.8 Å². The van der Waals surface area contributed by atoms with Gasteiger partial charge in [0.2, 0.25) is 0 Å². The molecule has 0 aliphatic carbocycles. The second-order valence-electron chi connectivity index (χ2n) is 5.25. The molecule has 0 radical (unpaired) electrons. The molecule has 1 aromatic carbocycles. The average Bonchev–Trinajstić information content (AvgIpc) is 2.21.